The number of carbonyl (C=O) groups is 2. The highest BCUT2D eigenvalue weighted by Gasteiger charge is 2.19. The number of hydrogen-bond acceptors (Lipinski definition) is 5. The van der Waals surface area contributed by atoms with Gasteiger partial charge in [0, 0.05) is 4.91 Å². The van der Waals surface area contributed by atoms with Gasteiger partial charge in [-0.3, -0.25) is 9.59 Å². The first-order chi connectivity index (χ1) is 9.17. The number of rotatable bonds is 6. The number of carbonyl (C=O) groups excluding carboxylic acids is 2. The highest BCUT2D eigenvalue weighted by atomic mass is 32.2. The first-order valence-corrected chi connectivity index (χ1v) is 6.47. The van der Waals surface area contributed by atoms with E-state index in [4.69, 9.17) is 5.53 Å². The predicted octanol–water partition coefficient (Wildman–Crippen LogP) is 2.34. The molecule has 0 bridgehead atoms. The van der Waals surface area contributed by atoms with Gasteiger partial charge < -0.3 is 4.74 Å². The van der Waals surface area contributed by atoms with Crippen LogP contribution in [0.15, 0.2) is 35.4 Å². The molecule has 0 fully saturated rings. The van der Waals surface area contributed by atoms with Gasteiger partial charge in [-0.25, -0.2) is 0 Å². The highest BCUT2D eigenvalue weighted by Crippen LogP contribution is 2.14. The maximum absolute atomic E-state index is 11.8. The third kappa shape index (κ3) is 5.46. The van der Waals surface area contributed by atoms with E-state index in [1.165, 1.54) is 7.11 Å². The maximum Gasteiger partial charge on any atom is 0.316 e. The average molecular weight is 279 g/mol. The van der Waals surface area contributed by atoms with Crippen molar-refractivity contribution in [3.63, 3.8) is 0 Å². The molecule has 0 heterocycles. The molecule has 6 nitrogen and oxygen atoms in total. The Balaban J connectivity index is 2.64. The molecule has 1 aromatic rings. The molecular weight excluding hydrogens is 266 g/mol. The van der Waals surface area contributed by atoms with Gasteiger partial charge in [0.2, 0.25) is 0 Å². The number of benzene rings is 1. The molecule has 1 aromatic carbocycles. The van der Waals surface area contributed by atoms with Crippen molar-refractivity contribution in [1.29, 1.82) is 0 Å². The summed E-state index contributed by atoms with van der Waals surface area (Å²) in [5.41, 5.74) is 9.39. The quantitative estimate of drug-likeness (QED) is 0.346. The molecule has 0 aliphatic heterocycles. The molecule has 0 saturated carbocycles. The third-order valence-corrected chi connectivity index (χ3v) is 3.23. The minimum Gasteiger partial charge on any atom is -0.468 e. The Bertz CT molecular complexity index is 486. The Morgan fingerprint density at radius 1 is 1.42 bits per heavy atom. The Morgan fingerprint density at radius 3 is 2.68 bits per heavy atom. The van der Waals surface area contributed by atoms with Crippen LogP contribution in [0.4, 0.5) is 0 Å². The molecule has 0 N–H and O–H groups in total. The minimum atomic E-state index is -0.818. The van der Waals surface area contributed by atoms with E-state index in [1.54, 1.807) is 0 Å². The molecule has 0 aromatic heterocycles. The normalized spacial score (nSPS) is 11.2. The molecule has 100 valence electrons. The minimum absolute atomic E-state index is 0.0818. The van der Waals surface area contributed by atoms with Crippen LogP contribution in [0.2, 0.25) is 0 Å². The van der Waals surface area contributed by atoms with Crippen LogP contribution < -0.4 is 0 Å². The van der Waals surface area contributed by atoms with Crippen LogP contribution in [0, 0.1) is 0 Å². The van der Waals surface area contributed by atoms with Gasteiger partial charge >= 0.3 is 5.97 Å². The second-order valence-electron chi connectivity index (χ2n) is 3.59. The fraction of sp³-hybridized carbons (Fsp3) is 0.333. The fourth-order valence-corrected chi connectivity index (χ4v) is 2.06. The second-order valence-corrected chi connectivity index (χ2v) is 4.57. The van der Waals surface area contributed by atoms with Crippen LogP contribution in [-0.4, -0.2) is 30.0 Å². The van der Waals surface area contributed by atoms with Gasteiger partial charge in [-0.1, -0.05) is 47.2 Å². The van der Waals surface area contributed by atoms with Crippen molar-refractivity contribution in [2.45, 2.75) is 12.5 Å². The molecule has 19 heavy (non-hydrogen) atoms. The lowest BCUT2D eigenvalue weighted by Gasteiger charge is -2.09. The lowest BCUT2D eigenvalue weighted by molar-refractivity contribution is -0.137. The number of thioether (sulfide) groups is 1. The van der Waals surface area contributed by atoms with Crippen molar-refractivity contribution in [2.24, 2.45) is 5.11 Å². The molecule has 0 amide bonds. The number of nitrogens with zero attached hydrogens (tertiary/aromatic N) is 3. The molecule has 1 atom stereocenters. The van der Waals surface area contributed by atoms with Gasteiger partial charge in [-0.05, 0) is 17.5 Å². The van der Waals surface area contributed by atoms with Crippen molar-refractivity contribution < 1.29 is 14.3 Å². The number of methoxy groups -OCH3 is 1. The van der Waals surface area contributed by atoms with Gasteiger partial charge in [-0.15, -0.1) is 0 Å². The largest absolute Gasteiger partial charge is 0.468 e. The van der Waals surface area contributed by atoms with E-state index in [2.05, 4.69) is 14.8 Å². The topological polar surface area (TPSA) is 92.1 Å². The smallest absolute Gasteiger partial charge is 0.316 e. The molecule has 0 saturated heterocycles. The maximum atomic E-state index is 11.8. The SMILES string of the molecule is COC(=O)CSC(=O)[C@H](Cc1ccccc1)N=[N+]=[N-]. The van der Waals surface area contributed by atoms with Crippen molar-refractivity contribution in [1.82, 2.24) is 0 Å². The van der Waals surface area contributed by atoms with Crippen molar-refractivity contribution in [3.8, 4) is 0 Å². The lowest BCUT2D eigenvalue weighted by Crippen LogP contribution is -2.19. The summed E-state index contributed by atoms with van der Waals surface area (Å²) in [5, 5.41) is 3.14. The standard InChI is InChI=1S/C12H13N3O3S/c1-18-11(16)8-19-12(17)10(14-15-13)7-9-5-3-2-4-6-9/h2-6,10H,7-8H2,1H3/t10-/m0/s1. The van der Waals surface area contributed by atoms with Gasteiger partial charge in [0.1, 0.15) is 6.04 Å². The summed E-state index contributed by atoms with van der Waals surface area (Å²) in [6, 6.07) is 8.42. The zero-order valence-corrected chi connectivity index (χ0v) is 11.2. The van der Waals surface area contributed by atoms with Crippen LogP contribution >= 0.6 is 11.8 Å². The number of hydrogen-bond donors (Lipinski definition) is 0. The first kappa shape index (κ1) is 15.1. The van der Waals surface area contributed by atoms with E-state index in [1.807, 2.05) is 30.3 Å². The predicted molar refractivity (Wildman–Crippen MR) is 72.6 cm³/mol. The zero-order chi connectivity index (χ0) is 14.1. The molecule has 0 aliphatic rings. The summed E-state index contributed by atoms with van der Waals surface area (Å²) in [7, 11) is 1.25. The van der Waals surface area contributed by atoms with Crippen LogP contribution in [0.1, 0.15) is 5.56 Å². The third-order valence-electron chi connectivity index (χ3n) is 2.29. The molecule has 0 unspecified atom stereocenters. The average Bonchev–Trinajstić information content (AvgIpc) is 2.45. The van der Waals surface area contributed by atoms with Crippen LogP contribution in [0.5, 0.6) is 0 Å². The van der Waals surface area contributed by atoms with Gasteiger partial charge in [0.15, 0.2) is 5.12 Å². The van der Waals surface area contributed by atoms with E-state index < -0.39 is 12.0 Å². The second kappa shape index (κ2) is 8.18. The molecule has 0 radical (unpaired) electrons. The van der Waals surface area contributed by atoms with Crippen LogP contribution in [0.25, 0.3) is 10.4 Å². The van der Waals surface area contributed by atoms with Crippen LogP contribution in [0.3, 0.4) is 0 Å². The summed E-state index contributed by atoms with van der Waals surface area (Å²) in [6.45, 7) is 0. The summed E-state index contributed by atoms with van der Waals surface area (Å²) in [5.74, 6) is -0.570. The molecule has 7 heteroatoms. The summed E-state index contributed by atoms with van der Waals surface area (Å²) < 4.78 is 4.44. The van der Waals surface area contributed by atoms with Crippen molar-refractivity contribution >= 4 is 22.8 Å². The van der Waals surface area contributed by atoms with Gasteiger partial charge in [0.05, 0.1) is 12.9 Å². The fourth-order valence-electron chi connectivity index (χ4n) is 1.36. The summed E-state index contributed by atoms with van der Waals surface area (Å²) >= 11 is 0.798. The van der Waals surface area contributed by atoms with E-state index in [0.717, 1.165) is 17.3 Å². The van der Waals surface area contributed by atoms with Crippen LogP contribution in [-0.2, 0) is 20.7 Å². The zero-order valence-electron chi connectivity index (χ0n) is 10.4. The number of azide groups is 1. The van der Waals surface area contributed by atoms with E-state index in [9.17, 15) is 9.59 Å². The molecule has 1 rings (SSSR count). The number of esters is 1. The molecular formula is C12H13N3O3S. The van der Waals surface area contributed by atoms with E-state index >= 15 is 0 Å². The Morgan fingerprint density at radius 2 is 2.11 bits per heavy atom. The summed E-state index contributed by atoms with van der Waals surface area (Å²) in [4.78, 5) is 25.5. The van der Waals surface area contributed by atoms with E-state index in [-0.39, 0.29) is 10.9 Å². The van der Waals surface area contributed by atoms with E-state index in [0.29, 0.717) is 6.42 Å². The molecule has 0 aliphatic carbocycles. The van der Waals surface area contributed by atoms with Gasteiger partial charge in [-0.2, -0.15) is 0 Å². The highest BCUT2D eigenvalue weighted by molar-refractivity contribution is 8.14. The monoisotopic (exact) mass is 279 g/mol. The Kier molecular flexibility index (Phi) is 6.49. The lowest BCUT2D eigenvalue weighted by atomic mass is 10.1. The summed E-state index contributed by atoms with van der Waals surface area (Å²) in [6.07, 6.45) is 0.317. The van der Waals surface area contributed by atoms with Gasteiger partial charge in [0.25, 0.3) is 0 Å². The number of ether oxygens (including phenoxy) is 1. The Hall–Kier alpha value is -1.98. The Labute approximate surface area is 114 Å². The van der Waals surface area contributed by atoms with Crippen molar-refractivity contribution in [3.05, 3.63) is 46.3 Å². The molecule has 0 spiro atoms. The van der Waals surface area contributed by atoms with Crippen molar-refractivity contribution in [2.75, 3.05) is 12.9 Å². The first-order valence-electron chi connectivity index (χ1n) is 5.49.